The van der Waals surface area contributed by atoms with Crippen LogP contribution in [-0.2, 0) is 0 Å². The Morgan fingerprint density at radius 2 is 2.21 bits per heavy atom. The Morgan fingerprint density at radius 3 is 3.05 bits per heavy atom. The van der Waals surface area contributed by atoms with Crippen LogP contribution in [0.2, 0.25) is 0 Å². The molecule has 1 N–H and O–H groups in total. The van der Waals surface area contributed by atoms with Gasteiger partial charge in [0.2, 0.25) is 0 Å². The zero-order chi connectivity index (χ0) is 12.8. The second kappa shape index (κ2) is 4.85. The van der Waals surface area contributed by atoms with E-state index in [9.17, 15) is 0 Å². The molecule has 0 amide bonds. The summed E-state index contributed by atoms with van der Waals surface area (Å²) in [5, 5.41) is 7.26. The van der Waals surface area contributed by atoms with Crippen LogP contribution in [-0.4, -0.2) is 17.6 Å². The fourth-order valence-electron chi connectivity index (χ4n) is 5.20. The predicted octanol–water partition coefficient (Wildman–Crippen LogP) is 3.66. The molecule has 3 aliphatic rings. The lowest BCUT2D eigenvalue weighted by Crippen LogP contribution is -2.40. The van der Waals surface area contributed by atoms with Crippen molar-refractivity contribution in [2.24, 2.45) is 23.7 Å². The lowest BCUT2D eigenvalue weighted by Gasteiger charge is -2.32. The van der Waals surface area contributed by atoms with Crippen LogP contribution in [0, 0.1) is 23.7 Å². The SMILES string of the molecule is CC(CNC1CC2CC1C1CCCC21)c1nccs1. The first kappa shape index (κ1) is 12.3. The van der Waals surface area contributed by atoms with Crippen LogP contribution in [0.25, 0.3) is 0 Å². The topological polar surface area (TPSA) is 24.9 Å². The summed E-state index contributed by atoms with van der Waals surface area (Å²) in [7, 11) is 0. The minimum Gasteiger partial charge on any atom is -0.313 e. The average molecular weight is 276 g/mol. The Kier molecular flexibility index (Phi) is 3.15. The first-order chi connectivity index (χ1) is 9.33. The highest BCUT2D eigenvalue weighted by atomic mass is 32.1. The van der Waals surface area contributed by atoms with Gasteiger partial charge in [-0.2, -0.15) is 0 Å². The maximum absolute atomic E-state index is 4.44. The summed E-state index contributed by atoms with van der Waals surface area (Å²) in [4.78, 5) is 4.44. The molecule has 0 saturated heterocycles. The van der Waals surface area contributed by atoms with Crippen molar-refractivity contribution in [3.63, 3.8) is 0 Å². The average Bonchev–Trinajstić information content (AvgIpc) is 3.15. The highest BCUT2D eigenvalue weighted by molar-refractivity contribution is 7.09. The van der Waals surface area contributed by atoms with Crippen molar-refractivity contribution in [3.05, 3.63) is 16.6 Å². The number of rotatable bonds is 4. The molecule has 3 saturated carbocycles. The van der Waals surface area contributed by atoms with Crippen LogP contribution in [0.5, 0.6) is 0 Å². The Labute approximate surface area is 120 Å². The molecule has 2 nitrogen and oxygen atoms in total. The van der Waals surface area contributed by atoms with Crippen LogP contribution in [0.4, 0.5) is 0 Å². The lowest BCUT2D eigenvalue weighted by molar-refractivity contribution is 0.207. The number of hydrogen-bond acceptors (Lipinski definition) is 3. The van der Waals surface area contributed by atoms with Gasteiger partial charge in [0, 0.05) is 30.1 Å². The second-order valence-electron chi connectivity index (χ2n) is 6.94. The minimum absolute atomic E-state index is 0.568. The molecular weight excluding hydrogens is 252 g/mol. The minimum atomic E-state index is 0.568. The van der Waals surface area contributed by atoms with Gasteiger partial charge in [0.25, 0.3) is 0 Å². The third kappa shape index (κ3) is 2.06. The van der Waals surface area contributed by atoms with Gasteiger partial charge in [0.15, 0.2) is 0 Å². The maximum Gasteiger partial charge on any atom is 0.0965 e. The van der Waals surface area contributed by atoms with E-state index in [0.717, 1.165) is 36.3 Å². The summed E-state index contributed by atoms with van der Waals surface area (Å²) in [6.07, 6.45) is 9.47. The normalized spacial score (nSPS) is 41.6. The molecule has 4 rings (SSSR count). The standard InChI is InChI=1S/C16H24N2S/c1-10(16-17-5-6-19-16)9-18-15-8-11-7-14(15)13-4-2-3-12(11)13/h5-6,10-15,18H,2-4,7-9H2,1H3. The van der Waals surface area contributed by atoms with Gasteiger partial charge in [0.1, 0.15) is 0 Å². The Hall–Kier alpha value is -0.410. The maximum atomic E-state index is 4.44. The molecule has 1 aromatic heterocycles. The van der Waals surface area contributed by atoms with Crippen molar-refractivity contribution < 1.29 is 0 Å². The molecule has 19 heavy (non-hydrogen) atoms. The van der Waals surface area contributed by atoms with E-state index < -0.39 is 0 Å². The van der Waals surface area contributed by atoms with Gasteiger partial charge < -0.3 is 5.32 Å². The molecule has 0 radical (unpaired) electrons. The molecule has 1 heterocycles. The number of hydrogen-bond donors (Lipinski definition) is 1. The van der Waals surface area contributed by atoms with Crippen LogP contribution in [0.15, 0.2) is 11.6 Å². The van der Waals surface area contributed by atoms with Gasteiger partial charge in [-0.1, -0.05) is 13.3 Å². The third-order valence-corrected chi connectivity index (χ3v) is 7.00. The van der Waals surface area contributed by atoms with E-state index in [1.165, 1.54) is 37.1 Å². The van der Waals surface area contributed by atoms with Gasteiger partial charge in [-0.05, 0) is 49.4 Å². The molecule has 104 valence electrons. The molecule has 3 aliphatic carbocycles. The number of fused-ring (bicyclic) bond motifs is 5. The van der Waals surface area contributed by atoms with Crippen molar-refractivity contribution in [1.29, 1.82) is 0 Å². The third-order valence-electron chi connectivity index (χ3n) is 5.99. The summed E-state index contributed by atoms with van der Waals surface area (Å²) in [6.45, 7) is 3.41. The van der Waals surface area contributed by atoms with E-state index in [2.05, 4.69) is 22.6 Å². The van der Waals surface area contributed by atoms with E-state index in [-0.39, 0.29) is 0 Å². The molecule has 3 heteroatoms. The first-order valence-corrected chi connectivity index (χ1v) is 8.83. The Bertz CT molecular complexity index is 430. The van der Waals surface area contributed by atoms with Crippen LogP contribution < -0.4 is 5.32 Å². The van der Waals surface area contributed by atoms with E-state index in [1.54, 1.807) is 11.3 Å². The molecule has 1 aromatic rings. The lowest BCUT2D eigenvalue weighted by atomic mass is 9.79. The molecule has 6 unspecified atom stereocenters. The number of aromatic nitrogens is 1. The zero-order valence-corrected chi connectivity index (χ0v) is 12.5. The van der Waals surface area contributed by atoms with Gasteiger partial charge in [-0.15, -0.1) is 11.3 Å². The zero-order valence-electron chi connectivity index (χ0n) is 11.7. The van der Waals surface area contributed by atoms with Crippen molar-refractivity contribution in [2.45, 2.75) is 51.0 Å². The monoisotopic (exact) mass is 276 g/mol. The van der Waals surface area contributed by atoms with E-state index in [0.29, 0.717) is 5.92 Å². The molecule has 0 spiro atoms. The van der Waals surface area contributed by atoms with Crippen LogP contribution in [0.1, 0.15) is 50.0 Å². The number of nitrogens with one attached hydrogen (secondary N) is 1. The van der Waals surface area contributed by atoms with Crippen molar-refractivity contribution in [2.75, 3.05) is 6.54 Å². The molecule has 2 bridgehead atoms. The van der Waals surface area contributed by atoms with E-state index >= 15 is 0 Å². The molecule has 0 aromatic carbocycles. The van der Waals surface area contributed by atoms with Crippen LogP contribution in [0.3, 0.4) is 0 Å². The predicted molar refractivity (Wildman–Crippen MR) is 79.4 cm³/mol. The molecule has 3 fully saturated rings. The first-order valence-electron chi connectivity index (χ1n) is 7.95. The summed E-state index contributed by atoms with van der Waals surface area (Å²) in [5.74, 6) is 4.82. The van der Waals surface area contributed by atoms with Crippen LogP contribution >= 0.6 is 11.3 Å². The molecule has 6 atom stereocenters. The van der Waals surface area contributed by atoms with Crippen molar-refractivity contribution in [1.82, 2.24) is 10.3 Å². The van der Waals surface area contributed by atoms with Crippen molar-refractivity contribution in [3.8, 4) is 0 Å². The molecular formula is C16H24N2S. The van der Waals surface area contributed by atoms with Gasteiger partial charge in [-0.3, -0.25) is 0 Å². The van der Waals surface area contributed by atoms with Crippen molar-refractivity contribution >= 4 is 11.3 Å². The fourth-order valence-corrected chi connectivity index (χ4v) is 5.89. The largest absolute Gasteiger partial charge is 0.313 e. The Morgan fingerprint density at radius 1 is 1.32 bits per heavy atom. The Balaban J connectivity index is 1.35. The van der Waals surface area contributed by atoms with E-state index in [1.807, 2.05) is 6.20 Å². The highest BCUT2D eigenvalue weighted by Crippen LogP contribution is 2.58. The number of nitrogens with zero attached hydrogens (tertiary/aromatic N) is 1. The summed E-state index contributed by atoms with van der Waals surface area (Å²) >= 11 is 1.79. The van der Waals surface area contributed by atoms with Gasteiger partial charge >= 0.3 is 0 Å². The second-order valence-corrected chi connectivity index (χ2v) is 7.87. The number of thiazole rings is 1. The smallest absolute Gasteiger partial charge is 0.0965 e. The quantitative estimate of drug-likeness (QED) is 0.908. The summed E-state index contributed by atoms with van der Waals surface area (Å²) < 4.78 is 0. The highest BCUT2D eigenvalue weighted by Gasteiger charge is 2.53. The van der Waals surface area contributed by atoms with Gasteiger partial charge in [-0.25, -0.2) is 4.98 Å². The summed E-state index contributed by atoms with van der Waals surface area (Å²) in [6, 6.07) is 0.812. The van der Waals surface area contributed by atoms with Gasteiger partial charge in [0.05, 0.1) is 5.01 Å². The summed E-state index contributed by atoms with van der Waals surface area (Å²) in [5.41, 5.74) is 0. The fraction of sp³-hybridized carbons (Fsp3) is 0.812. The molecule has 0 aliphatic heterocycles. The van der Waals surface area contributed by atoms with E-state index in [4.69, 9.17) is 0 Å².